The van der Waals surface area contributed by atoms with Crippen LogP contribution in [0.1, 0.15) is 20.3 Å². The lowest BCUT2D eigenvalue weighted by molar-refractivity contribution is 0.135. The number of alkyl halides is 1. The van der Waals surface area contributed by atoms with Gasteiger partial charge in [0.25, 0.3) is 0 Å². The van der Waals surface area contributed by atoms with Gasteiger partial charge in [-0.15, -0.1) is 0 Å². The van der Waals surface area contributed by atoms with Crippen molar-refractivity contribution in [2.75, 3.05) is 32.1 Å². The highest BCUT2D eigenvalue weighted by atomic mass is 79.9. The third-order valence-corrected chi connectivity index (χ3v) is 4.29. The number of nitrogens with zero attached hydrogens (tertiary/aromatic N) is 1. The number of rotatable bonds is 4. The van der Waals surface area contributed by atoms with Crippen molar-refractivity contribution in [2.24, 2.45) is 5.92 Å². The largest absolute Gasteiger partial charge is 0.381 e. The first kappa shape index (κ1) is 11.5. The molecule has 0 amide bonds. The highest BCUT2D eigenvalue weighted by molar-refractivity contribution is 9.09. The van der Waals surface area contributed by atoms with E-state index < -0.39 is 0 Å². The first-order valence-electron chi connectivity index (χ1n) is 4.91. The summed E-state index contributed by atoms with van der Waals surface area (Å²) in [6.45, 7) is 7.57. The van der Waals surface area contributed by atoms with Crippen molar-refractivity contribution in [2.45, 2.75) is 25.8 Å². The molecule has 78 valence electrons. The maximum absolute atomic E-state index is 5.37. The first-order valence-corrected chi connectivity index (χ1v) is 6.03. The van der Waals surface area contributed by atoms with Gasteiger partial charge in [-0.25, -0.2) is 0 Å². The molecule has 0 aliphatic carbocycles. The molecule has 1 heterocycles. The molecule has 1 saturated heterocycles. The lowest BCUT2D eigenvalue weighted by atomic mass is 10.0. The number of ether oxygens (including phenoxy) is 1. The van der Waals surface area contributed by atoms with Gasteiger partial charge >= 0.3 is 0 Å². The Hall–Kier alpha value is 0.400. The van der Waals surface area contributed by atoms with Gasteiger partial charge in [0, 0.05) is 24.0 Å². The van der Waals surface area contributed by atoms with Crippen molar-refractivity contribution in [1.29, 1.82) is 0 Å². The molecule has 0 spiro atoms. The van der Waals surface area contributed by atoms with Crippen molar-refractivity contribution in [1.82, 2.24) is 4.90 Å². The van der Waals surface area contributed by atoms with Gasteiger partial charge in [0.2, 0.25) is 0 Å². The summed E-state index contributed by atoms with van der Waals surface area (Å²) < 4.78 is 5.37. The SMILES string of the molecule is CN(CC1CCOC1)C(C)(C)CBr. The Morgan fingerprint density at radius 2 is 2.23 bits per heavy atom. The molecule has 0 aromatic rings. The molecule has 1 fully saturated rings. The second kappa shape index (κ2) is 4.76. The maximum Gasteiger partial charge on any atom is 0.0507 e. The third-order valence-electron chi connectivity index (χ3n) is 2.92. The molecule has 0 bridgehead atoms. The minimum absolute atomic E-state index is 0.253. The van der Waals surface area contributed by atoms with Crippen LogP contribution in [0.5, 0.6) is 0 Å². The Labute approximate surface area is 89.8 Å². The molecule has 2 nitrogen and oxygen atoms in total. The third kappa shape index (κ3) is 3.22. The predicted octanol–water partition coefficient (Wildman–Crippen LogP) is 2.13. The molecule has 3 heteroatoms. The smallest absolute Gasteiger partial charge is 0.0507 e. The summed E-state index contributed by atoms with van der Waals surface area (Å²) >= 11 is 3.55. The lowest BCUT2D eigenvalue weighted by Gasteiger charge is -2.35. The van der Waals surface area contributed by atoms with E-state index in [1.807, 2.05) is 0 Å². The molecular formula is C10H20BrNO. The Kier molecular flexibility index (Phi) is 4.20. The number of hydrogen-bond donors (Lipinski definition) is 0. The molecule has 0 aromatic carbocycles. The molecular weight excluding hydrogens is 230 g/mol. The van der Waals surface area contributed by atoms with Crippen LogP contribution < -0.4 is 0 Å². The fourth-order valence-corrected chi connectivity index (χ4v) is 1.89. The van der Waals surface area contributed by atoms with Gasteiger partial charge in [-0.3, -0.25) is 0 Å². The zero-order valence-electron chi connectivity index (χ0n) is 8.85. The summed E-state index contributed by atoms with van der Waals surface area (Å²) in [5, 5.41) is 1.02. The molecule has 0 N–H and O–H groups in total. The highest BCUT2D eigenvalue weighted by Crippen LogP contribution is 2.20. The van der Waals surface area contributed by atoms with Crippen LogP contribution in [0.15, 0.2) is 0 Å². The summed E-state index contributed by atoms with van der Waals surface area (Å²) in [7, 11) is 2.19. The monoisotopic (exact) mass is 249 g/mol. The minimum atomic E-state index is 0.253. The van der Waals surface area contributed by atoms with E-state index in [0.717, 1.165) is 31.0 Å². The van der Waals surface area contributed by atoms with Crippen molar-refractivity contribution in [3.63, 3.8) is 0 Å². The average Bonchev–Trinajstić information content (AvgIpc) is 2.57. The van der Waals surface area contributed by atoms with Gasteiger partial charge in [-0.2, -0.15) is 0 Å². The van der Waals surface area contributed by atoms with Crippen LogP contribution in [0, 0.1) is 5.92 Å². The van der Waals surface area contributed by atoms with Crippen LogP contribution in [0.4, 0.5) is 0 Å². The van der Waals surface area contributed by atoms with Crippen LogP contribution in [0.25, 0.3) is 0 Å². The summed E-state index contributed by atoms with van der Waals surface area (Å²) in [6.07, 6.45) is 1.22. The van der Waals surface area contributed by atoms with Crippen LogP contribution in [0.2, 0.25) is 0 Å². The zero-order chi connectivity index (χ0) is 9.90. The predicted molar refractivity (Wildman–Crippen MR) is 59.4 cm³/mol. The van der Waals surface area contributed by atoms with Gasteiger partial charge in [-0.1, -0.05) is 15.9 Å². The summed E-state index contributed by atoms with van der Waals surface area (Å²) in [6, 6.07) is 0. The summed E-state index contributed by atoms with van der Waals surface area (Å²) in [5.74, 6) is 0.739. The van der Waals surface area contributed by atoms with Crippen molar-refractivity contribution >= 4 is 15.9 Å². The minimum Gasteiger partial charge on any atom is -0.381 e. The quantitative estimate of drug-likeness (QED) is 0.709. The van der Waals surface area contributed by atoms with Crippen molar-refractivity contribution in [3.8, 4) is 0 Å². The highest BCUT2D eigenvalue weighted by Gasteiger charge is 2.26. The van der Waals surface area contributed by atoms with Gasteiger partial charge in [0.1, 0.15) is 0 Å². The average molecular weight is 250 g/mol. The zero-order valence-corrected chi connectivity index (χ0v) is 10.4. The van der Waals surface area contributed by atoms with E-state index in [1.54, 1.807) is 0 Å². The van der Waals surface area contributed by atoms with Crippen molar-refractivity contribution < 1.29 is 4.74 Å². The number of halogens is 1. The molecule has 13 heavy (non-hydrogen) atoms. The molecule has 0 radical (unpaired) electrons. The van der Waals surface area contributed by atoms with E-state index in [-0.39, 0.29) is 5.54 Å². The second-order valence-corrected chi connectivity index (χ2v) is 5.12. The Morgan fingerprint density at radius 3 is 2.69 bits per heavy atom. The van der Waals surface area contributed by atoms with E-state index in [9.17, 15) is 0 Å². The van der Waals surface area contributed by atoms with Crippen LogP contribution in [0.3, 0.4) is 0 Å². The van der Waals surface area contributed by atoms with E-state index in [4.69, 9.17) is 4.74 Å². The first-order chi connectivity index (χ1) is 6.06. The Bertz CT molecular complexity index is 155. The van der Waals surface area contributed by atoms with E-state index in [1.165, 1.54) is 6.42 Å². The fraction of sp³-hybridized carbons (Fsp3) is 1.00. The molecule has 0 saturated carbocycles. The molecule has 1 atom stereocenters. The van der Waals surface area contributed by atoms with Gasteiger partial charge < -0.3 is 9.64 Å². The molecule has 0 aromatic heterocycles. The lowest BCUT2D eigenvalue weighted by Crippen LogP contribution is -2.45. The van der Waals surface area contributed by atoms with Crippen molar-refractivity contribution in [3.05, 3.63) is 0 Å². The van der Waals surface area contributed by atoms with E-state index in [0.29, 0.717) is 0 Å². The standard InChI is InChI=1S/C10H20BrNO/c1-10(2,8-11)12(3)6-9-4-5-13-7-9/h9H,4-8H2,1-3H3. The molecule has 1 aliphatic heterocycles. The molecule has 1 aliphatic rings. The Balaban J connectivity index is 2.34. The van der Waals surface area contributed by atoms with Gasteiger partial charge in [-0.05, 0) is 33.2 Å². The van der Waals surface area contributed by atoms with E-state index in [2.05, 4.69) is 41.7 Å². The van der Waals surface area contributed by atoms with Crippen LogP contribution >= 0.6 is 15.9 Å². The topological polar surface area (TPSA) is 12.5 Å². The van der Waals surface area contributed by atoms with Gasteiger partial charge in [0.15, 0.2) is 0 Å². The van der Waals surface area contributed by atoms with Gasteiger partial charge in [0.05, 0.1) is 6.61 Å². The molecule has 1 unspecified atom stereocenters. The summed E-state index contributed by atoms with van der Waals surface area (Å²) in [4.78, 5) is 2.42. The van der Waals surface area contributed by atoms with Crippen LogP contribution in [-0.4, -0.2) is 42.6 Å². The normalized spacial score (nSPS) is 24.2. The van der Waals surface area contributed by atoms with Crippen LogP contribution in [-0.2, 0) is 4.74 Å². The second-order valence-electron chi connectivity index (χ2n) is 4.56. The number of hydrogen-bond acceptors (Lipinski definition) is 2. The van der Waals surface area contributed by atoms with E-state index >= 15 is 0 Å². The summed E-state index contributed by atoms with van der Waals surface area (Å²) in [5.41, 5.74) is 0.253. The fourth-order valence-electron chi connectivity index (χ4n) is 1.46. The Morgan fingerprint density at radius 1 is 1.54 bits per heavy atom. The maximum atomic E-state index is 5.37. The molecule has 1 rings (SSSR count).